The van der Waals surface area contributed by atoms with Gasteiger partial charge < -0.3 is 14.4 Å². The van der Waals surface area contributed by atoms with Crippen molar-refractivity contribution in [1.29, 1.82) is 0 Å². The van der Waals surface area contributed by atoms with E-state index in [0.717, 1.165) is 24.2 Å². The van der Waals surface area contributed by atoms with E-state index in [1.54, 1.807) is 16.0 Å². The Morgan fingerprint density at radius 2 is 2.04 bits per heavy atom. The van der Waals surface area contributed by atoms with Gasteiger partial charge in [-0.05, 0) is 18.9 Å². The topological polar surface area (TPSA) is 58.4 Å². The highest BCUT2D eigenvalue weighted by Gasteiger charge is 2.35. The molecule has 1 fully saturated rings. The molecular weight excluding hydrogens is 340 g/mol. The second kappa shape index (κ2) is 8.37. The van der Waals surface area contributed by atoms with E-state index in [-0.39, 0.29) is 17.7 Å². The Hall–Kier alpha value is -2.63. The fraction of sp³-hybridized carbons (Fsp3) is 0.476. The molecule has 2 amide bonds. The van der Waals surface area contributed by atoms with Crippen molar-refractivity contribution in [3.8, 4) is 0 Å². The van der Waals surface area contributed by atoms with Crippen LogP contribution < -0.4 is 0 Å². The van der Waals surface area contributed by atoms with Crippen LogP contribution in [0.4, 0.5) is 0 Å². The molecule has 0 bridgehead atoms. The molecule has 27 heavy (non-hydrogen) atoms. The predicted octanol–water partition coefficient (Wildman–Crippen LogP) is 2.17. The third-order valence-electron chi connectivity index (χ3n) is 5.25. The molecule has 1 aliphatic rings. The number of aryl methyl sites for hydroxylation is 3. The summed E-state index contributed by atoms with van der Waals surface area (Å²) in [5, 5.41) is 0. The van der Waals surface area contributed by atoms with Crippen molar-refractivity contribution in [3.05, 3.63) is 53.6 Å². The van der Waals surface area contributed by atoms with Gasteiger partial charge in [-0.3, -0.25) is 9.59 Å². The van der Waals surface area contributed by atoms with E-state index < -0.39 is 0 Å². The molecule has 1 aromatic heterocycles. The van der Waals surface area contributed by atoms with Crippen LogP contribution in [0.15, 0.2) is 36.7 Å². The first-order chi connectivity index (χ1) is 12.9. The van der Waals surface area contributed by atoms with Gasteiger partial charge in [0.05, 0.1) is 5.92 Å². The molecule has 144 valence electrons. The van der Waals surface area contributed by atoms with Gasteiger partial charge in [-0.15, -0.1) is 0 Å². The van der Waals surface area contributed by atoms with Gasteiger partial charge in [0.25, 0.3) is 0 Å². The van der Waals surface area contributed by atoms with Gasteiger partial charge in [0.15, 0.2) is 0 Å². The number of imidazole rings is 1. The number of nitrogens with zero attached hydrogens (tertiary/aromatic N) is 4. The molecule has 2 heterocycles. The van der Waals surface area contributed by atoms with E-state index in [1.807, 2.05) is 56.0 Å². The Bertz CT molecular complexity index is 797. The van der Waals surface area contributed by atoms with Crippen LogP contribution in [0.2, 0.25) is 0 Å². The fourth-order valence-electron chi connectivity index (χ4n) is 3.54. The minimum Gasteiger partial charge on any atom is -0.345 e. The monoisotopic (exact) mass is 368 g/mol. The van der Waals surface area contributed by atoms with Crippen LogP contribution in [-0.2, 0) is 29.6 Å². The van der Waals surface area contributed by atoms with Crippen molar-refractivity contribution in [2.45, 2.75) is 32.7 Å². The SMILES string of the molecule is Cc1ccc(CN2C[C@H](C(=O)N(C)CCCc3nccn3C)CC2=O)cc1. The van der Waals surface area contributed by atoms with Crippen molar-refractivity contribution >= 4 is 11.8 Å². The molecule has 1 saturated heterocycles. The van der Waals surface area contributed by atoms with Crippen molar-refractivity contribution in [1.82, 2.24) is 19.4 Å². The highest BCUT2D eigenvalue weighted by molar-refractivity contribution is 5.89. The van der Waals surface area contributed by atoms with Gasteiger partial charge in [0.2, 0.25) is 11.8 Å². The molecule has 0 N–H and O–H groups in total. The van der Waals surface area contributed by atoms with Gasteiger partial charge in [-0.25, -0.2) is 4.98 Å². The third kappa shape index (κ3) is 4.76. The number of carbonyl (C=O) groups is 2. The summed E-state index contributed by atoms with van der Waals surface area (Å²) in [6.45, 7) is 3.80. The highest BCUT2D eigenvalue weighted by Crippen LogP contribution is 2.22. The Labute approximate surface area is 160 Å². The van der Waals surface area contributed by atoms with Gasteiger partial charge in [-0.2, -0.15) is 0 Å². The summed E-state index contributed by atoms with van der Waals surface area (Å²) in [4.78, 5) is 32.9. The Balaban J connectivity index is 1.48. The average molecular weight is 368 g/mol. The molecule has 0 aliphatic carbocycles. The molecule has 3 rings (SSSR count). The number of rotatable bonds is 7. The van der Waals surface area contributed by atoms with E-state index >= 15 is 0 Å². The molecule has 0 saturated carbocycles. The van der Waals surface area contributed by atoms with Crippen LogP contribution >= 0.6 is 0 Å². The Morgan fingerprint density at radius 3 is 2.70 bits per heavy atom. The van der Waals surface area contributed by atoms with E-state index in [0.29, 0.717) is 26.1 Å². The quantitative estimate of drug-likeness (QED) is 0.753. The second-order valence-electron chi connectivity index (χ2n) is 7.48. The summed E-state index contributed by atoms with van der Waals surface area (Å²) in [6, 6.07) is 8.19. The third-order valence-corrected chi connectivity index (χ3v) is 5.25. The van der Waals surface area contributed by atoms with E-state index in [2.05, 4.69) is 4.98 Å². The molecule has 6 heteroatoms. The van der Waals surface area contributed by atoms with Crippen LogP contribution in [0.1, 0.15) is 29.8 Å². The number of hydrogen-bond donors (Lipinski definition) is 0. The summed E-state index contributed by atoms with van der Waals surface area (Å²) < 4.78 is 2.00. The van der Waals surface area contributed by atoms with E-state index in [4.69, 9.17) is 0 Å². The van der Waals surface area contributed by atoms with Crippen LogP contribution in [0.3, 0.4) is 0 Å². The molecule has 1 aromatic carbocycles. The summed E-state index contributed by atoms with van der Waals surface area (Å²) in [6.07, 6.45) is 5.73. The lowest BCUT2D eigenvalue weighted by Crippen LogP contribution is -2.35. The Kier molecular flexibility index (Phi) is 5.94. The van der Waals surface area contributed by atoms with Crippen molar-refractivity contribution in [2.75, 3.05) is 20.1 Å². The summed E-state index contributed by atoms with van der Waals surface area (Å²) in [5.74, 6) is 0.919. The fourth-order valence-corrected chi connectivity index (χ4v) is 3.54. The lowest BCUT2D eigenvalue weighted by atomic mass is 10.1. The number of amides is 2. The maximum Gasteiger partial charge on any atom is 0.227 e. The maximum atomic E-state index is 12.7. The number of hydrogen-bond acceptors (Lipinski definition) is 3. The molecule has 2 aromatic rings. The first kappa shape index (κ1) is 19.1. The number of carbonyl (C=O) groups excluding carboxylic acids is 2. The smallest absolute Gasteiger partial charge is 0.227 e. The lowest BCUT2D eigenvalue weighted by molar-refractivity contribution is -0.134. The molecule has 6 nitrogen and oxygen atoms in total. The first-order valence-corrected chi connectivity index (χ1v) is 9.48. The molecule has 1 atom stereocenters. The molecule has 0 unspecified atom stereocenters. The largest absolute Gasteiger partial charge is 0.345 e. The second-order valence-corrected chi connectivity index (χ2v) is 7.48. The normalized spacial score (nSPS) is 16.8. The number of benzene rings is 1. The first-order valence-electron chi connectivity index (χ1n) is 9.48. The summed E-state index contributed by atoms with van der Waals surface area (Å²) >= 11 is 0. The van der Waals surface area contributed by atoms with Crippen molar-refractivity contribution in [2.24, 2.45) is 13.0 Å². The van der Waals surface area contributed by atoms with Gasteiger partial charge in [-0.1, -0.05) is 29.8 Å². The summed E-state index contributed by atoms with van der Waals surface area (Å²) in [5.41, 5.74) is 2.30. The molecule has 1 aliphatic heterocycles. The zero-order valence-electron chi connectivity index (χ0n) is 16.4. The number of likely N-dealkylation sites (tertiary alicyclic amines) is 1. The molecular formula is C21H28N4O2. The van der Waals surface area contributed by atoms with Crippen LogP contribution in [-0.4, -0.2) is 51.3 Å². The Morgan fingerprint density at radius 1 is 1.30 bits per heavy atom. The minimum atomic E-state index is -0.235. The van der Waals surface area contributed by atoms with E-state index in [1.165, 1.54) is 5.56 Å². The highest BCUT2D eigenvalue weighted by atomic mass is 16.2. The van der Waals surface area contributed by atoms with Gasteiger partial charge >= 0.3 is 0 Å². The van der Waals surface area contributed by atoms with Crippen LogP contribution in [0.5, 0.6) is 0 Å². The van der Waals surface area contributed by atoms with E-state index in [9.17, 15) is 9.59 Å². The molecule has 0 spiro atoms. The standard InChI is InChI=1S/C21H28N4O2/c1-16-6-8-17(9-7-16)14-25-15-18(13-20(25)26)21(27)24(3)11-4-5-19-22-10-12-23(19)2/h6-10,12,18H,4-5,11,13-15H2,1-3H3/t18-/m1/s1. The minimum absolute atomic E-state index is 0.0644. The lowest BCUT2D eigenvalue weighted by Gasteiger charge is -2.21. The van der Waals surface area contributed by atoms with Gasteiger partial charge in [0.1, 0.15) is 5.82 Å². The zero-order chi connectivity index (χ0) is 19.4. The predicted molar refractivity (Wildman–Crippen MR) is 104 cm³/mol. The van der Waals surface area contributed by atoms with Crippen LogP contribution in [0, 0.1) is 12.8 Å². The number of aromatic nitrogens is 2. The van der Waals surface area contributed by atoms with Gasteiger partial charge in [0, 0.05) is 59.0 Å². The zero-order valence-corrected chi connectivity index (χ0v) is 16.4. The summed E-state index contributed by atoms with van der Waals surface area (Å²) in [7, 11) is 3.80. The average Bonchev–Trinajstić information content (AvgIpc) is 3.22. The van der Waals surface area contributed by atoms with Crippen molar-refractivity contribution in [3.63, 3.8) is 0 Å². The maximum absolute atomic E-state index is 12.7. The van der Waals surface area contributed by atoms with Crippen molar-refractivity contribution < 1.29 is 9.59 Å². The molecule has 0 radical (unpaired) electrons. The van der Waals surface area contributed by atoms with Crippen LogP contribution in [0.25, 0.3) is 0 Å².